The second-order valence-electron chi connectivity index (χ2n) is 8.86. The Morgan fingerprint density at radius 2 is 1.71 bits per heavy atom. The summed E-state index contributed by atoms with van der Waals surface area (Å²) >= 11 is 0. The number of morpholine rings is 1. The molecule has 3 rings (SSSR count). The number of ether oxygens (including phenoxy) is 1. The molecule has 1 unspecified atom stereocenters. The lowest BCUT2D eigenvalue weighted by atomic mass is 10.0. The molecule has 2 saturated heterocycles. The normalized spacial score (nSPS) is 20.1. The molecule has 7 heteroatoms. The van der Waals surface area contributed by atoms with Crippen molar-refractivity contribution in [3.05, 3.63) is 30.3 Å². The molecule has 31 heavy (non-hydrogen) atoms. The van der Waals surface area contributed by atoms with E-state index in [1.54, 1.807) is 0 Å². The molecule has 7 nitrogen and oxygen atoms in total. The lowest BCUT2D eigenvalue weighted by molar-refractivity contribution is 0.00752. The first-order valence-corrected chi connectivity index (χ1v) is 12.0. The van der Waals surface area contributed by atoms with Crippen LogP contribution in [-0.2, 0) is 4.74 Å². The lowest BCUT2D eigenvalue weighted by Crippen LogP contribution is -2.52. The summed E-state index contributed by atoms with van der Waals surface area (Å²) in [5.41, 5.74) is 1.34. The average molecular weight is 431 g/mol. The van der Waals surface area contributed by atoms with Crippen molar-refractivity contribution >= 4 is 11.6 Å². The fraction of sp³-hybridized carbons (Fsp3) is 0.708. The van der Waals surface area contributed by atoms with Gasteiger partial charge >= 0.3 is 0 Å². The predicted molar refractivity (Wildman–Crippen MR) is 130 cm³/mol. The van der Waals surface area contributed by atoms with Gasteiger partial charge in [-0.05, 0) is 31.0 Å². The number of aliphatic imine (C=N–C) groups is 1. The number of rotatable bonds is 9. The molecule has 2 heterocycles. The van der Waals surface area contributed by atoms with Crippen LogP contribution in [0.3, 0.4) is 0 Å². The minimum absolute atomic E-state index is 0.503. The third-order valence-corrected chi connectivity index (χ3v) is 6.42. The van der Waals surface area contributed by atoms with Gasteiger partial charge in [-0.15, -0.1) is 0 Å². The van der Waals surface area contributed by atoms with Gasteiger partial charge < -0.3 is 20.3 Å². The molecule has 2 fully saturated rings. The molecule has 2 aliphatic rings. The monoisotopic (exact) mass is 430 g/mol. The van der Waals surface area contributed by atoms with Crippen molar-refractivity contribution in [1.82, 2.24) is 20.4 Å². The molecule has 0 amide bonds. The fourth-order valence-electron chi connectivity index (χ4n) is 4.50. The Balaban J connectivity index is 1.31. The first-order chi connectivity index (χ1) is 15.2. The molecule has 0 radical (unpaired) electrons. The van der Waals surface area contributed by atoms with Crippen molar-refractivity contribution in [3.8, 4) is 0 Å². The Kier molecular flexibility index (Phi) is 9.90. The van der Waals surface area contributed by atoms with Gasteiger partial charge in [0.1, 0.15) is 0 Å². The van der Waals surface area contributed by atoms with E-state index < -0.39 is 0 Å². The van der Waals surface area contributed by atoms with Crippen molar-refractivity contribution < 1.29 is 4.74 Å². The zero-order valence-electron chi connectivity index (χ0n) is 19.7. The fourth-order valence-corrected chi connectivity index (χ4v) is 4.50. The molecular formula is C24H42N6O. The van der Waals surface area contributed by atoms with E-state index in [0.29, 0.717) is 12.0 Å². The smallest absolute Gasteiger partial charge is 0.191 e. The number of nitrogens with zero attached hydrogens (tertiary/aromatic N) is 4. The second kappa shape index (κ2) is 12.9. The maximum atomic E-state index is 5.52. The summed E-state index contributed by atoms with van der Waals surface area (Å²) < 4.78 is 5.52. The van der Waals surface area contributed by atoms with Gasteiger partial charge in [-0.1, -0.05) is 32.0 Å². The van der Waals surface area contributed by atoms with Crippen molar-refractivity contribution in [2.45, 2.75) is 26.3 Å². The lowest BCUT2D eigenvalue weighted by Gasteiger charge is -2.37. The topological polar surface area (TPSA) is 55.4 Å². The van der Waals surface area contributed by atoms with Crippen LogP contribution in [0.25, 0.3) is 0 Å². The number of hydrogen-bond acceptors (Lipinski definition) is 5. The van der Waals surface area contributed by atoms with Crippen LogP contribution in [0.1, 0.15) is 20.3 Å². The van der Waals surface area contributed by atoms with Gasteiger partial charge in [0, 0.05) is 71.1 Å². The van der Waals surface area contributed by atoms with Gasteiger partial charge in [-0.2, -0.15) is 0 Å². The molecule has 0 saturated carbocycles. The first kappa shape index (κ1) is 23.8. The molecule has 0 aliphatic carbocycles. The Hall–Kier alpha value is -1.83. The molecule has 1 aromatic carbocycles. The Labute approximate surface area is 188 Å². The number of piperazine rings is 1. The zero-order chi connectivity index (χ0) is 21.9. The van der Waals surface area contributed by atoms with Crippen molar-refractivity contribution in [2.24, 2.45) is 10.9 Å². The van der Waals surface area contributed by atoms with Crippen LogP contribution in [0.2, 0.25) is 0 Å². The molecule has 0 aromatic heterocycles. The van der Waals surface area contributed by atoms with Crippen LogP contribution in [0.5, 0.6) is 0 Å². The van der Waals surface area contributed by atoms with E-state index in [4.69, 9.17) is 4.74 Å². The van der Waals surface area contributed by atoms with Gasteiger partial charge in [-0.25, -0.2) is 0 Å². The van der Waals surface area contributed by atoms with E-state index in [1.165, 1.54) is 5.69 Å². The second-order valence-corrected chi connectivity index (χ2v) is 8.86. The summed E-state index contributed by atoms with van der Waals surface area (Å²) in [5.74, 6) is 1.51. The Morgan fingerprint density at radius 1 is 1.00 bits per heavy atom. The van der Waals surface area contributed by atoms with Crippen molar-refractivity contribution in [2.75, 3.05) is 84.1 Å². The first-order valence-electron chi connectivity index (χ1n) is 12.0. The average Bonchev–Trinajstić information content (AvgIpc) is 2.82. The Morgan fingerprint density at radius 3 is 2.35 bits per heavy atom. The molecule has 174 valence electrons. The van der Waals surface area contributed by atoms with Gasteiger partial charge in [-0.3, -0.25) is 14.8 Å². The number of nitrogens with one attached hydrogen (secondary N) is 2. The highest BCUT2D eigenvalue weighted by Gasteiger charge is 2.24. The third-order valence-electron chi connectivity index (χ3n) is 6.42. The number of guanidine groups is 1. The number of para-hydroxylation sites is 1. The van der Waals surface area contributed by atoms with Crippen molar-refractivity contribution in [3.63, 3.8) is 0 Å². The quantitative estimate of drug-likeness (QED) is 0.354. The minimum Gasteiger partial charge on any atom is -0.379 e. The van der Waals surface area contributed by atoms with Gasteiger partial charge in [0.05, 0.1) is 13.2 Å². The highest BCUT2D eigenvalue weighted by molar-refractivity contribution is 5.79. The molecular weight excluding hydrogens is 388 g/mol. The predicted octanol–water partition coefficient (Wildman–Crippen LogP) is 1.72. The number of hydrogen-bond donors (Lipinski definition) is 2. The van der Waals surface area contributed by atoms with E-state index in [-0.39, 0.29) is 0 Å². The van der Waals surface area contributed by atoms with E-state index >= 15 is 0 Å². The van der Waals surface area contributed by atoms with Crippen LogP contribution in [0.15, 0.2) is 35.3 Å². The highest BCUT2D eigenvalue weighted by atomic mass is 16.5. The van der Waals surface area contributed by atoms with Crippen LogP contribution in [-0.4, -0.2) is 101 Å². The largest absolute Gasteiger partial charge is 0.379 e. The summed E-state index contributed by atoms with van der Waals surface area (Å²) in [6.45, 7) is 15.8. The van der Waals surface area contributed by atoms with E-state index in [0.717, 1.165) is 84.5 Å². The zero-order valence-corrected chi connectivity index (χ0v) is 19.7. The van der Waals surface area contributed by atoms with E-state index in [1.807, 2.05) is 7.05 Å². The summed E-state index contributed by atoms with van der Waals surface area (Å²) in [7, 11) is 1.86. The number of anilines is 1. The van der Waals surface area contributed by atoms with Crippen LogP contribution in [0, 0.1) is 5.92 Å². The van der Waals surface area contributed by atoms with E-state index in [9.17, 15) is 0 Å². The van der Waals surface area contributed by atoms with Crippen LogP contribution in [0.4, 0.5) is 5.69 Å². The molecule has 0 spiro atoms. The van der Waals surface area contributed by atoms with E-state index in [2.05, 4.69) is 74.5 Å². The van der Waals surface area contributed by atoms with Gasteiger partial charge in [0.15, 0.2) is 5.96 Å². The summed E-state index contributed by atoms with van der Waals surface area (Å²) in [5, 5.41) is 7.05. The SMILES string of the molecule is CN=C(NCCCN1CCN(c2ccccc2)CC1)NCC(C(C)C)N1CCOCC1. The molecule has 1 aromatic rings. The highest BCUT2D eigenvalue weighted by Crippen LogP contribution is 2.15. The standard InChI is InChI=1S/C24H42N6O/c1-21(2)23(30-16-18-31-19-17-30)20-27-24(25-3)26-10-7-11-28-12-14-29(15-13-28)22-8-5-4-6-9-22/h4-6,8-9,21,23H,7,10-20H2,1-3H3,(H2,25,26,27). The summed E-state index contributed by atoms with van der Waals surface area (Å²) in [6, 6.07) is 11.3. The molecule has 2 N–H and O–H groups in total. The maximum Gasteiger partial charge on any atom is 0.191 e. The molecule has 0 bridgehead atoms. The van der Waals surface area contributed by atoms with Crippen LogP contribution < -0.4 is 15.5 Å². The van der Waals surface area contributed by atoms with Gasteiger partial charge in [0.2, 0.25) is 0 Å². The summed E-state index contributed by atoms with van der Waals surface area (Å²) in [4.78, 5) is 12.0. The third kappa shape index (κ3) is 7.66. The molecule has 1 atom stereocenters. The Bertz CT molecular complexity index is 639. The minimum atomic E-state index is 0.503. The summed E-state index contributed by atoms with van der Waals surface area (Å²) in [6.07, 6.45) is 1.13. The maximum absolute atomic E-state index is 5.52. The van der Waals surface area contributed by atoms with Gasteiger partial charge in [0.25, 0.3) is 0 Å². The van der Waals surface area contributed by atoms with Crippen LogP contribution >= 0.6 is 0 Å². The van der Waals surface area contributed by atoms with Crippen molar-refractivity contribution in [1.29, 1.82) is 0 Å². The number of benzene rings is 1. The molecule has 2 aliphatic heterocycles.